The van der Waals surface area contributed by atoms with E-state index in [2.05, 4.69) is 20.2 Å². The van der Waals surface area contributed by atoms with Crippen LogP contribution in [0, 0.1) is 6.92 Å². The Morgan fingerprint density at radius 1 is 1.25 bits per heavy atom. The molecule has 2 rings (SSSR count). The maximum atomic E-state index is 5.57. The summed E-state index contributed by atoms with van der Waals surface area (Å²) in [7, 11) is 0. The van der Waals surface area contributed by atoms with Gasteiger partial charge in [0.05, 0.1) is 0 Å². The summed E-state index contributed by atoms with van der Waals surface area (Å²) in [4.78, 5) is 11.4. The van der Waals surface area contributed by atoms with E-state index in [1.54, 1.807) is 0 Å². The van der Waals surface area contributed by atoms with Gasteiger partial charge in [-0.3, -0.25) is 0 Å². The molecule has 0 radical (unpaired) electrons. The Morgan fingerprint density at radius 2 is 2.05 bits per heavy atom. The maximum Gasteiger partial charge on any atom is 0.129 e. The molecule has 1 aliphatic rings. The Balaban J connectivity index is 1.67. The van der Waals surface area contributed by atoms with Crippen LogP contribution in [0.1, 0.15) is 37.2 Å². The Morgan fingerprint density at radius 3 is 2.80 bits per heavy atom. The quantitative estimate of drug-likeness (QED) is 0.706. The van der Waals surface area contributed by atoms with Gasteiger partial charge in [-0.05, 0) is 58.8 Å². The summed E-state index contributed by atoms with van der Waals surface area (Å²) in [5.41, 5.74) is 6.60. The zero-order valence-electron chi connectivity index (χ0n) is 12.6. The maximum absolute atomic E-state index is 5.57. The lowest BCUT2D eigenvalue weighted by Gasteiger charge is -2.14. The first kappa shape index (κ1) is 15.2. The molecule has 2 heterocycles. The van der Waals surface area contributed by atoms with Crippen molar-refractivity contribution < 1.29 is 0 Å². The summed E-state index contributed by atoms with van der Waals surface area (Å²) in [6, 6.07) is 2.01. The fourth-order valence-electron chi connectivity index (χ4n) is 2.68. The minimum atomic E-state index is 0.631. The van der Waals surface area contributed by atoms with E-state index < -0.39 is 0 Å². The molecule has 0 atom stereocenters. The van der Waals surface area contributed by atoms with E-state index in [0.29, 0.717) is 6.54 Å². The fourth-order valence-corrected chi connectivity index (χ4v) is 2.68. The van der Waals surface area contributed by atoms with Gasteiger partial charge < -0.3 is 16.0 Å². The van der Waals surface area contributed by atoms with Crippen molar-refractivity contribution in [3.63, 3.8) is 0 Å². The predicted octanol–water partition coefficient (Wildman–Crippen LogP) is 1.57. The summed E-state index contributed by atoms with van der Waals surface area (Å²) >= 11 is 0. The number of unbranched alkanes of at least 4 members (excludes halogenated alkanes) is 1. The molecular formula is C15H27N5. The molecule has 0 aromatic carbocycles. The number of hydrogen-bond donors (Lipinski definition) is 2. The number of rotatable bonds is 8. The molecule has 0 saturated carbocycles. The van der Waals surface area contributed by atoms with Crippen LogP contribution in [-0.2, 0) is 6.42 Å². The van der Waals surface area contributed by atoms with Crippen molar-refractivity contribution in [1.82, 2.24) is 14.9 Å². The zero-order chi connectivity index (χ0) is 14.2. The highest BCUT2D eigenvalue weighted by atomic mass is 15.1. The van der Waals surface area contributed by atoms with Crippen molar-refractivity contribution in [1.29, 1.82) is 0 Å². The first-order valence-corrected chi connectivity index (χ1v) is 7.79. The summed E-state index contributed by atoms with van der Waals surface area (Å²) in [6.45, 7) is 7.36. The molecule has 0 bridgehead atoms. The molecule has 3 N–H and O–H groups in total. The van der Waals surface area contributed by atoms with Gasteiger partial charge in [0.2, 0.25) is 0 Å². The lowest BCUT2D eigenvalue weighted by atomic mass is 10.2. The Kier molecular flexibility index (Phi) is 6.21. The first-order chi connectivity index (χ1) is 9.78. The minimum absolute atomic E-state index is 0.631. The van der Waals surface area contributed by atoms with Crippen LogP contribution in [0.4, 0.5) is 5.82 Å². The van der Waals surface area contributed by atoms with Gasteiger partial charge in [0.15, 0.2) is 0 Å². The van der Waals surface area contributed by atoms with E-state index >= 15 is 0 Å². The molecule has 1 fully saturated rings. The smallest absolute Gasteiger partial charge is 0.129 e. The molecule has 20 heavy (non-hydrogen) atoms. The van der Waals surface area contributed by atoms with Crippen molar-refractivity contribution in [2.75, 3.05) is 38.0 Å². The van der Waals surface area contributed by atoms with E-state index in [1.165, 1.54) is 45.3 Å². The SMILES string of the molecule is Cc1nc(CCN)cc(NCCCCN2CCCC2)n1. The van der Waals surface area contributed by atoms with Crippen molar-refractivity contribution in [3.05, 3.63) is 17.6 Å². The van der Waals surface area contributed by atoms with Crippen LogP contribution in [0.2, 0.25) is 0 Å². The zero-order valence-corrected chi connectivity index (χ0v) is 12.6. The van der Waals surface area contributed by atoms with Crippen LogP contribution in [0.3, 0.4) is 0 Å². The monoisotopic (exact) mass is 277 g/mol. The van der Waals surface area contributed by atoms with Gasteiger partial charge in [0, 0.05) is 24.7 Å². The average molecular weight is 277 g/mol. The van der Waals surface area contributed by atoms with E-state index in [4.69, 9.17) is 5.73 Å². The number of nitrogens with one attached hydrogen (secondary N) is 1. The molecule has 0 amide bonds. The van der Waals surface area contributed by atoms with Crippen LogP contribution in [0.25, 0.3) is 0 Å². The van der Waals surface area contributed by atoms with Crippen LogP contribution in [0.5, 0.6) is 0 Å². The molecule has 1 aromatic heterocycles. The molecule has 0 spiro atoms. The Hall–Kier alpha value is -1.20. The third-order valence-electron chi connectivity index (χ3n) is 3.70. The number of nitrogens with zero attached hydrogens (tertiary/aromatic N) is 3. The standard InChI is InChI=1S/C15H27N5/c1-13-18-14(6-7-16)12-15(19-13)17-8-2-3-9-20-10-4-5-11-20/h12H,2-11,16H2,1H3,(H,17,18,19). The highest BCUT2D eigenvalue weighted by Crippen LogP contribution is 2.09. The summed E-state index contributed by atoms with van der Waals surface area (Å²) in [5.74, 6) is 1.75. The molecular weight excluding hydrogens is 250 g/mol. The summed E-state index contributed by atoms with van der Waals surface area (Å²) in [6.07, 6.45) is 6.01. The molecule has 0 aliphatic carbocycles. The Bertz CT molecular complexity index is 401. The summed E-state index contributed by atoms with van der Waals surface area (Å²) in [5, 5.41) is 3.40. The van der Waals surface area contributed by atoms with Crippen molar-refractivity contribution in [2.45, 2.75) is 39.0 Å². The highest BCUT2D eigenvalue weighted by molar-refractivity contribution is 5.36. The number of hydrogen-bond acceptors (Lipinski definition) is 5. The van der Waals surface area contributed by atoms with Gasteiger partial charge in [-0.1, -0.05) is 0 Å². The minimum Gasteiger partial charge on any atom is -0.370 e. The fraction of sp³-hybridized carbons (Fsp3) is 0.733. The van der Waals surface area contributed by atoms with Crippen LogP contribution in [-0.4, -0.2) is 47.6 Å². The number of anilines is 1. The molecule has 5 nitrogen and oxygen atoms in total. The van der Waals surface area contributed by atoms with Gasteiger partial charge in [0.25, 0.3) is 0 Å². The average Bonchev–Trinajstić information content (AvgIpc) is 2.91. The van der Waals surface area contributed by atoms with Crippen LogP contribution < -0.4 is 11.1 Å². The lowest BCUT2D eigenvalue weighted by Crippen LogP contribution is -2.21. The van der Waals surface area contributed by atoms with Gasteiger partial charge in [0.1, 0.15) is 11.6 Å². The van der Waals surface area contributed by atoms with E-state index in [-0.39, 0.29) is 0 Å². The van der Waals surface area contributed by atoms with Crippen LogP contribution in [0.15, 0.2) is 6.07 Å². The van der Waals surface area contributed by atoms with Crippen molar-refractivity contribution >= 4 is 5.82 Å². The molecule has 0 unspecified atom stereocenters. The van der Waals surface area contributed by atoms with E-state index in [9.17, 15) is 0 Å². The highest BCUT2D eigenvalue weighted by Gasteiger charge is 2.10. The second-order valence-electron chi connectivity index (χ2n) is 5.51. The third-order valence-corrected chi connectivity index (χ3v) is 3.70. The number of nitrogens with two attached hydrogens (primary N) is 1. The molecule has 1 aliphatic heterocycles. The summed E-state index contributed by atoms with van der Waals surface area (Å²) < 4.78 is 0. The van der Waals surface area contributed by atoms with Gasteiger partial charge >= 0.3 is 0 Å². The molecule has 1 saturated heterocycles. The van der Waals surface area contributed by atoms with Gasteiger partial charge in [-0.15, -0.1) is 0 Å². The largest absolute Gasteiger partial charge is 0.370 e. The first-order valence-electron chi connectivity index (χ1n) is 7.79. The topological polar surface area (TPSA) is 67.1 Å². The van der Waals surface area contributed by atoms with Gasteiger partial charge in [-0.2, -0.15) is 0 Å². The molecule has 1 aromatic rings. The lowest BCUT2D eigenvalue weighted by molar-refractivity contribution is 0.331. The Labute approximate surface area is 122 Å². The van der Waals surface area contributed by atoms with E-state index in [1.807, 2.05) is 13.0 Å². The molecule has 5 heteroatoms. The molecule has 112 valence electrons. The second-order valence-corrected chi connectivity index (χ2v) is 5.51. The van der Waals surface area contributed by atoms with E-state index in [0.717, 1.165) is 30.3 Å². The van der Waals surface area contributed by atoms with Crippen LogP contribution >= 0.6 is 0 Å². The number of aromatic nitrogens is 2. The van der Waals surface area contributed by atoms with Gasteiger partial charge in [-0.25, -0.2) is 9.97 Å². The normalized spacial score (nSPS) is 15.7. The van der Waals surface area contributed by atoms with Crippen molar-refractivity contribution in [3.8, 4) is 0 Å². The number of likely N-dealkylation sites (tertiary alicyclic amines) is 1. The second kappa shape index (κ2) is 8.17. The third kappa shape index (κ3) is 5.06. The number of aryl methyl sites for hydroxylation is 1. The van der Waals surface area contributed by atoms with Crippen molar-refractivity contribution in [2.24, 2.45) is 5.73 Å². The predicted molar refractivity (Wildman–Crippen MR) is 82.9 cm³/mol.